The highest BCUT2D eigenvalue weighted by atomic mass is 32.2. The van der Waals surface area contributed by atoms with Crippen molar-refractivity contribution in [1.29, 1.82) is 0 Å². The summed E-state index contributed by atoms with van der Waals surface area (Å²) in [5.41, 5.74) is 11.7. The number of phosphoric acid groups is 2. The molecule has 4 aromatic rings. The van der Waals surface area contributed by atoms with Gasteiger partial charge in [-0.1, -0.05) is 0 Å². The number of phosphoric ester groups is 2. The summed E-state index contributed by atoms with van der Waals surface area (Å²) in [5, 5.41) is 20.1. The van der Waals surface area contributed by atoms with E-state index in [9.17, 15) is 33.9 Å². The number of nitrogen functional groups attached to an aromatic ring is 2. The highest BCUT2D eigenvalue weighted by molar-refractivity contribution is 8.00. The van der Waals surface area contributed by atoms with Crippen LogP contribution < -0.4 is 17.0 Å². The van der Waals surface area contributed by atoms with Gasteiger partial charge in [0.2, 0.25) is 5.95 Å². The molecule has 21 nitrogen and oxygen atoms in total. The third kappa shape index (κ3) is 5.45. The van der Waals surface area contributed by atoms with Crippen LogP contribution in [-0.2, 0) is 32.0 Å². The predicted molar refractivity (Wildman–Crippen MR) is 152 cm³/mol. The van der Waals surface area contributed by atoms with E-state index in [0.29, 0.717) is 11.2 Å². The molecule has 7 rings (SSSR count). The summed E-state index contributed by atoms with van der Waals surface area (Å²) in [7, 11) is -10.0. The predicted octanol–water partition coefficient (Wildman–Crippen LogP) is -1.02. The van der Waals surface area contributed by atoms with Crippen molar-refractivity contribution in [1.82, 2.24) is 34.1 Å². The SMILES string of the molecule is Nc1nc2c(ncn2[C@@H]2S[C@@H]3COP(=O)(O)O[C@@H]4C(O)[C@H](n5cnc6c(N)ccnc65)O[C@@H]4COP(=O)(O)OC2[C@H]3O)c(=O)[nH]1. The Hall–Kier alpha value is -2.98. The van der Waals surface area contributed by atoms with E-state index >= 15 is 0 Å². The summed E-state index contributed by atoms with van der Waals surface area (Å²) in [5.74, 6) is -0.235. The van der Waals surface area contributed by atoms with Crippen molar-refractivity contribution in [3.05, 3.63) is 35.3 Å². The van der Waals surface area contributed by atoms with Crippen LogP contribution in [-0.4, -0.2) is 103 Å². The lowest BCUT2D eigenvalue weighted by molar-refractivity contribution is -0.0547. The Morgan fingerprint density at radius 1 is 0.933 bits per heavy atom. The van der Waals surface area contributed by atoms with Crippen LogP contribution in [0.5, 0.6) is 0 Å². The molecule has 0 spiro atoms. The standard InChI is InChI=1S/C21H25N9O12P2S/c22-7-1-2-24-16-10(7)25-5-29(16)19-13(32)14-8(40-19)3-38-43(34,35)42-15-12(31)9(4-39-44(36,37)41-14)45-20(15)30-6-26-11-17(30)27-21(23)28-18(11)33/h1-2,5-6,8-9,12-15,19-20,31-32H,3-4H2,(H2,22,24)(H,34,35)(H,36,37)(H3,23,27,28,33)/t8-,9-,12+,13?,14+,15?,19-,20-/m1/s1. The monoisotopic (exact) mass is 689 g/mol. The first-order valence-electron chi connectivity index (χ1n) is 13.1. The van der Waals surface area contributed by atoms with Crippen LogP contribution in [0.3, 0.4) is 0 Å². The number of nitrogens with two attached hydrogens (primary N) is 2. The number of aliphatic hydroxyl groups excluding tert-OH is 2. The fraction of sp³-hybridized carbons (Fsp3) is 0.476. The molecule has 7 heterocycles. The molecule has 9 N–H and O–H groups in total. The van der Waals surface area contributed by atoms with E-state index in [2.05, 4.69) is 24.9 Å². The van der Waals surface area contributed by atoms with E-state index in [1.165, 1.54) is 34.1 Å². The van der Waals surface area contributed by atoms with Crippen LogP contribution in [0.4, 0.5) is 11.6 Å². The van der Waals surface area contributed by atoms with Gasteiger partial charge in [0.15, 0.2) is 23.0 Å². The van der Waals surface area contributed by atoms with Crippen LogP contribution in [0.15, 0.2) is 29.7 Å². The van der Waals surface area contributed by atoms with E-state index < -0.39 is 81.8 Å². The Bertz CT molecular complexity index is 1940. The zero-order valence-corrected chi connectivity index (χ0v) is 25.1. The highest BCUT2D eigenvalue weighted by Gasteiger charge is 2.53. The van der Waals surface area contributed by atoms with Gasteiger partial charge >= 0.3 is 15.6 Å². The number of aromatic amines is 1. The number of pyridine rings is 1. The van der Waals surface area contributed by atoms with Gasteiger partial charge in [-0.15, -0.1) is 11.8 Å². The molecular formula is C21H25N9O12P2S. The number of aromatic nitrogens is 7. The van der Waals surface area contributed by atoms with Crippen molar-refractivity contribution in [2.75, 3.05) is 24.7 Å². The number of nitrogens with one attached hydrogen (secondary N) is 1. The molecule has 2 bridgehead atoms. The van der Waals surface area contributed by atoms with E-state index in [4.69, 9.17) is 34.3 Å². The van der Waals surface area contributed by atoms with Gasteiger partial charge in [-0.05, 0) is 6.07 Å². The van der Waals surface area contributed by atoms with Crippen LogP contribution in [0.1, 0.15) is 11.6 Å². The lowest BCUT2D eigenvalue weighted by Gasteiger charge is -2.26. The number of hydrogen-bond acceptors (Lipinski definition) is 17. The molecule has 3 aliphatic rings. The Balaban J connectivity index is 1.21. The van der Waals surface area contributed by atoms with Gasteiger partial charge in [-0.25, -0.2) is 24.1 Å². The van der Waals surface area contributed by atoms with E-state index in [1.807, 2.05) is 0 Å². The Kier molecular flexibility index (Phi) is 7.55. The fourth-order valence-electron chi connectivity index (χ4n) is 5.38. The van der Waals surface area contributed by atoms with Crippen LogP contribution in [0.2, 0.25) is 0 Å². The maximum Gasteiger partial charge on any atom is 0.472 e. The third-order valence-electron chi connectivity index (χ3n) is 7.43. The fourth-order valence-corrected chi connectivity index (χ4v) is 8.96. The first-order valence-corrected chi connectivity index (χ1v) is 17.0. The number of fused-ring (bicyclic) bond motifs is 5. The quantitative estimate of drug-likeness (QED) is 0.124. The normalized spacial score (nSPS) is 37.7. The van der Waals surface area contributed by atoms with Gasteiger partial charge in [-0.3, -0.25) is 37.0 Å². The van der Waals surface area contributed by atoms with Crippen LogP contribution in [0.25, 0.3) is 22.3 Å². The summed E-state index contributed by atoms with van der Waals surface area (Å²) >= 11 is 0.913. The Morgan fingerprint density at radius 3 is 2.40 bits per heavy atom. The number of thioether (sulfide) groups is 1. The van der Waals surface area contributed by atoms with Gasteiger partial charge in [0.25, 0.3) is 5.56 Å². The van der Waals surface area contributed by atoms with Gasteiger partial charge in [0.05, 0.1) is 42.9 Å². The van der Waals surface area contributed by atoms with Crippen molar-refractivity contribution in [3.63, 3.8) is 0 Å². The minimum atomic E-state index is -5.04. The van der Waals surface area contributed by atoms with Crippen molar-refractivity contribution in [3.8, 4) is 0 Å². The Labute approximate surface area is 254 Å². The van der Waals surface area contributed by atoms with Crippen molar-refractivity contribution >= 4 is 61.4 Å². The summed E-state index contributed by atoms with van der Waals surface area (Å²) in [6, 6.07) is 1.52. The number of H-pyrrole nitrogens is 1. The lowest BCUT2D eigenvalue weighted by atomic mass is 10.1. The molecule has 10 atom stereocenters. The number of nitrogens with zero attached hydrogens (tertiary/aromatic N) is 6. The van der Waals surface area contributed by atoms with Gasteiger partial charge < -0.3 is 36.2 Å². The minimum Gasteiger partial charge on any atom is -0.397 e. The molecule has 24 heteroatoms. The first kappa shape index (κ1) is 30.7. The van der Waals surface area contributed by atoms with Gasteiger partial charge in [-0.2, -0.15) is 4.98 Å². The molecule has 0 aromatic carbocycles. The number of aliphatic hydroxyl groups is 2. The van der Waals surface area contributed by atoms with Gasteiger partial charge in [0, 0.05) is 6.20 Å². The summed E-state index contributed by atoms with van der Waals surface area (Å²) in [4.78, 5) is 52.5. The minimum absolute atomic E-state index is 0.0208. The molecule has 3 saturated heterocycles. The molecule has 0 amide bonds. The maximum absolute atomic E-state index is 13.2. The zero-order valence-electron chi connectivity index (χ0n) is 22.5. The second-order valence-corrected chi connectivity index (χ2v) is 14.5. The molecule has 4 aromatic heterocycles. The number of hydrogen-bond donors (Lipinski definition) is 7. The molecule has 3 aliphatic heterocycles. The molecular weight excluding hydrogens is 664 g/mol. The number of imidazole rings is 2. The molecule has 4 unspecified atom stereocenters. The van der Waals surface area contributed by atoms with E-state index in [0.717, 1.165) is 11.8 Å². The number of rotatable bonds is 2. The first-order chi connectivity index (χ1) is 21.3. The van der Waals surface area contributed by atoms with Crippen molar-refractivity contribution in [2.24, 2.45) is 0 Å². The molecule has 0 radical (unpaired) electrons. The van der Waals surface area contributed by atoms with Crippen molar-refractivity contribution in [2.45, 2.75) is 47.4 Å². The average Bonchev–Trinajstić information content (AvgIpc) is 3.72. The molecule has 242 valence electrons. The Morgan fingerprint density at radius 2 is 1.62 bits per heavy atom. The highest BCUT2D eigenvalue weighted by Crippen LogP contribution is 2.56. The van der Waals surface area contributed by atoms with E-state index in [1.54, 1.807) is 0 Å². The lowest BCUT2D eigenvalue weighted by Crippen LogP contribution is -2.36. The smallest absolute Gasteiger partial charge is 0.397 e. The number of anilines is 2. The topological polar surface area (TPSA) is 308 Å². The second-order valence-electron chi connectivity index (χ2n) is 10.3. The van der Waals surface area contributed by atoms with Crippen LogP contribution >= 0.6 is 27.4 Å². The molecule has 0 saturated carbocycles. The van der Waals surface area contributed by atoms with Crippen molar-refractivity contribution < 1.29 is 52.0 Å². The van der Waals surface area contributed by atoms with Crippen LogP contribution in [0, 0.1) is 0 Å². The molecule has 45 heavy (non-hydrogen) atoms. The summed E-state index contributed by atoms with van der Waals surface area (Å²) in [6.45, 7) is -1.41. The summed E-state index contributed by atoms with van der Waals surface area (Å²) < 4.78 is 56.0. The molecule has 0 aliphatic carbocycles. The average molecular weight is 689 g/mol. The number of ether oxygens (including phenoxy) is 1. The third-order valence-corrected chi connectivity index (χ3v) is 10.9. The maximum atomic E-state index is 13.2. The zero-order chi connectivity index (χ0) is 31.8. The summed E-state index contributed by atoms with van der Waals surface area (Å²) in [6.07, 6.45) is -5.25. The largest absolute Gasteiger partial charge is 0.472 e. The van der Waals surface area contributed by atoms with E-state index in [-0.39, 0.29) is 22.8 Å². The van der Waals surface area contributed by atoms with Gasteiger partial charge in [0.1, 0.15) is 35.3 Å². The second kappa shape index (κ2) is 11.1. The molecule has 3 fully saturated rings.